The minimum Gasteiger partial charge on any atom is -0.417 e. The van der Waals surface area contributed by atoms with E-state index in [-0.39, 0.29) is 49.4 Å². The summed E-state index contributed by atoms with van der Waals surface area (Å²) in [4.78, 5) is 27.6. The lowest BCUT2D eigenvalue weighted by Gasteiger charge is -2.34. The molecule has 0 spiro atoms. The number of carbonyl (C=O) groups excluding carboxylic acids is 2. The van der Waals surface area contributed by atoms with Gasteiger partial charge in [-0.1, -0.05) is 0 Å². The molecule has 26 heavy (non-hydrogen) atoms. The van der Waals surface area contributed by atoms with Crippen molar-refractivity contribution in [1.29, 1.82) is 0 Å². The Labute approximate surface area is 146 Å². The first-order valence-corrected chi connectivity index (χ1v) is 7.81. The lowest BCUT2D eigenvalue weighted by Crippen LogP contribution is -2.50. The summed E-state index contributed by atoms with van der Waals surface area (Å²) < 4.78 is 42.9. The molecule has 1 aromatic carbocycles. The van der Waals surface area contributed by atoms with Crippen molar-refractivity contribution < 1.29 is 27.2 Å². The third kappa shape index (κ3) is 3.68. The Morgan fingerprint density at radius 3 is 1.96 bits per heavy atom. The van der Waals surface area contributed by atoms with Crippen LogP contribution in [0.1, 0.15) is 32.5 Å². The molecule has 2 aromatic rings. The molecule has 2 amide bonds. The number of benzene rings is 1. The molecule has 0 radical (unpaired) electrons. The summed E-state index contributed by atoms with van der Waals surface area (Å²) in [6, 6.07) is 4.07. The summed E-state index contributed by atoms with van der Waals surface area (Å²) in [6.07, 6.45) is -4.44. The van der Waals surface area contributed by atoms with Crippen molar-refractivity contribution in [3.05, 3.63) is 47.2 Å². The summed E-state index contributed by atoms with van der Waals surface area (Å²) in [5, 5.41) is 7.27. The second-order valence-corrected chi connectivity index (χ2v) is 5.79. The fraction of sp³-hybridized carbons (Fsp3) is 0.375. The van der Waals surface area contributed by atoms with Crippen LogP contribution in [0.25, 0.3) is 0 Å². The molecule has 1 fully saturated rings. The Kier molecular flexibility index (Phi) is 4.66. The number of alkyl halides is 3. The van der Waals surface area contributed by atoms with Crippen LogP contribution in [0.15, 0.2) is 28.7 Å². The maximum Gasteiger partial charge on any atom is 0.416 e. The fourth-order valence-corrected chi connectivity index (χ4v) is 2.62. The van der Waals surface area contributed by atoms with Gasteiger partial charge in [0.05, 0.1) is 5.56 Å². The van der Waals surface area contributed by atoms with Crippen molar-refractivity contribution >= 4 is 11.8 Å². The van der Waals surface area contributed by atoms with Gasteiger partial charge in [-0.05, 0) is 24.3 Å². The molecule has 0 atom stereocenters. The van der Waals surface area contributed by atoms with E-state index in [1.165, 1.54) is 9.80 Å². The van der Waals surface area contributed by atoms with Crippen LogP contribution >= 0.6 is 0 Å². The van der Waals surface area contributed by atoms with Crippen molar-refractivity contribution in [3.63, 3.8) is 0 Å². The van der Waals surface area contributed by atoms with Crippen LogP contribution in [0.4, 0.5) is 13.2 Å². The van der Waals surface area contributed by atoms with Gasteiger partial charge in [-0.15, -0.1) is 10.2 Å². The average Bonchev–Trinajstić information content (AvgIpc) is 3.06. The molecule has 0 unspecified atom stereocenters. The van der Waals surface area contributed by atoms with Gasteiger partial charge < -0.3 is 14.2 Å². The number of aromatic nitrogens is 2. The smallest absolute Gasteiger partial charge is 0.416 e. The van der Waals surface area contributed by atoms with Crippen molar-refractivity contribution in [2.45, 2.75) is 13.1 Å². The van der Waals surface area contributed by atoms with E-state index in [1.54, 1.807) is 6.92 Å². The SMILES string of the molecule is Cc1nnc(C(=O)N2CCN(C(=O)c3ccc(C(F)(F)F)cc3)CC2)o1. The van der Waals surface area contributed by atoms with Crippen molar-refractivity contribution in [1.82, 2.24) is 20.0 Å². The Morgan fingerprint density at radius 1 is 0.962 bits per heavy atom. The minimum absolute atomic E-state index is 0.106. The molecule has 10 heteroatoms. The molecule has 0 aliphatic carbocycles. The third-order valence-corrected chi connectivity index (χ3v) is 4.02. The standard InChI is InChI=1S/C16H15F3N4O3/c1-10-20-21-13(26-10)15(25)23-8-6-22(7-9-23)14(24)11-2-4-12(5-3-11)16(17,18)19/h2-5H,6-9H2,1H3. The fourth-order valence-electron chi connectivity index (χ4n) is 2.62. The van der Waals surface area contributed by atoms with Crippen molar-refractivity contribution in [2.24, 2.45) is 0 Å². The molecule has 0 saturated carbocycles. The van der Waals surface area contributed by atoms with Crippen LogP contribution < -0.4 is 0 Å². The molecule has 1 aliphatic heterocycles. The van der Waals surface area contributed by atoms with E-state index in [0.717, 1.165) is 24.3 Å². The van der Waals surface area contributed by atoms with Crippen LogP contribution in [0, 0.1) is 6.92 Å². The molecule has 0 N–H and O–H groups in total. The van der Waals surface area contributed by atoms with E-state index in [2.05, 4.69) is 10.2 Å². The summed E-state index contributed by atoms with van der Waals surface area (Å²) >= 11 is 0. The molecule has 138 valence electrons. The number of rotatable bonds is 2. The quantitative estimate of drug-likeness (QED) is 0.810. The van der Waals surface area contributed by atoms with Crippen LogP contribution in [0.3, 0.4) is 0 Å². The lowest BCUT2D eigenvalue weighted by molar-refractivity contribution is -0.137. The largest absolute Gasteiger partial charge is 0.417 e. The van der Waals surface area contributed by atoms with Crippen LogP contribution in [-0.2, 0) is 6.18 Å². The number of piperazine rings is 1. The number of amides is 2. The third-order valence-electron chi connectivity index (χ3n) is 4.02. The highest BCUT2D eigenvalue weighted by Gasteiger charge is 2.31. The number of carbonyl (C=O) groups is 2. The Bertz CT molecular complexity index is 809. The molecular formula is C16H15F3N4O3. The maximum atomic E-state index is 12.6. The summed E-state index contributed by atoms with van der Waals surface area (Å²) in [7, 11) is 0. The Morgan fingerprint density at radius 2 is 1.50 bits per heavy atom. The number of hydrogen-bond acceptors (Lipinski definition) is 5. The summed E-state index contributed by atoms with van der Waals surface area (Å²) in [6.45, 7) is 2.64. The average molecular weight is 368 g/mol. The van der Waals surface area contributed by atoms with Gasteiger partial charge in [-0.25, -0.2) is 0 Å². The van der Waals surface area contributed by atoms with E-state index in [4.69, 9.17) is 4.42 Å². The molecule has 2 heterocycles. The van der Waals surface area contributed by atoms with Gasteiger partial charge in [0.15, 0.2) is 0 Å². The zero-order chi connectivity index (χ0) is 18.9. The number of hydrogen-bond donors (Lipinski definition) is 0. The molecular weight excluding hydrogens is 353 g/mol. The second-order valence-electron chi connectivity index (χ2n) is 5.79. The van der Waals surface area contributed by atoms with Gasteiger partial charge in [0.1, 0.15) is 0 Å². The zero-order valence-corrected chi connectivity index (χ0v) is 13.8. The maximum absolute atomic E-state index is 12.6. The predicted molar refractivity (Wildman–Crippen MR) is 82.3 cm³/mol. The van der Waals surface area contributed by atoms with E-state index in [1.807, 2.05) is 0 Å². The Hall–Kier alpha value is -2.91. The lowest BCUT2D eigenvalue weighted by atomic mass is 10.1. The molecule has 0 bridgehead atoms. The van der Waals surface area contributed by atoms with Crippen molar-refractivity contribution in [3.8, 4) is 0 Å². The summed E-state index contributed by atoms with van der Waals surface area (Å²) in [5.74, 6) is -0.610. The first-order chi connectivity index (χ1) is 12.3. The second kappa shape index (κ2) is 6.77. The highest BCUT2D eigenvalue weighted by atomic mass is 19.4. The van der Waals surface area contributed by atoms with Crippen LogP contribution in [-0.4, -0.2) is 58.0 Å². The van der Waals surface area contributed by atoms with Gasteiger partial charge in [-0.3, -0.25) is 9.59 Å². The highest BCUT2D eigenvalue weighted by molar-refractivity contribution is 5.94. The number of aryl methyl sites for hydroxylation is 1. The van der Waals surface area contributed by atoms with Gasteiger partial charge in [-0.2, -0.15) is 13.2 Å². The monoisotopic (exact) mass is 368 g/mol. The van der Waals surface area contributed by atoms with Crippen LogP contribution in [0.5, 0.6) is 0 Å². The minimum atomic E-state index is -4.44. The number of halogens is 3. The summed E-state index contributed by atoms with van der Waals surface area (Å²) in [5.41, 5.74) is -0.635. The van der Waals surface area contributed by atoms with Crippen LogP contribution in [0.2, 0.25) is 0 Å². The molecule has 1 aromatic heterocycles. The van der Waals surface area contributed by atoms with Gasteiger partial charge >= 0.3 is 18.0 Å². The van der Waals surface area contributed by atoms with Gasteiger partial charge in [0.2, 0.25) is 5.89 Å². The molecule has 1 aliphatic rings. The van der Waals surface area contributed by atoms with E-state index < -0.39 is 17.6 Å². The molecule has 3 rings (SSSR count). The first kappa shape index (κ1) is 17.9. The van der Waals surface area contributed by atoms with Gasteiger partial charge in [0, 0.05) is 38.7 Å². The molecule has 7 nitrogen and oxygen atoms in total. The van der Waals surface area contributed by atoms with E-state index >= 15 is 0 Å². The Balaban J connectivity index is 1.61. The number of nitrogens with zero attached hydrogens (tertiary/aromatic N) is 4. The topological polar surface area (TPSA) is 79.5 Å². The molecule has 1 saturated heterocycles. The zero-order valence-electron chi connectivity index (χ0n) is 13.8. The predicted octanol–water partition coefficient (Wildman–Crippen LogP) is 2.00. The highest BCUT2D eigenvalue weighted by Crippen LogP contribution is 2.29. The normalized spacial score (nSPS) is 15.2. The van der Waals surface area contributed by atoms with E-state index in [9.17, 15) is 22.8 Å². The van der Waals surface area contributed by atoms with Gasteiger partial charge in [0.25, 0.3) is 5.91 Å². The van der Waals surface area contributed by atoms with E-state index in [0.29, 0.717) is 0 Å². The first-order valence-electron chi connectivity index (χ1n) is 7.81. The van der Waals surface area contributed by atoms with Crippen molar-refractivity contribution in [2.75, 3.05) is 26.2 Å².